The van der Waals surface area contributed by atoms with Crippen molar-refractivity contribution in [1.29, 1.82) is 0 Å². The smallest absolute Gasteiger partial charge is 0.188 e. The van der Waals surface area contributed by atoms with Crippen LogP contribution in [0.2, 0.25) is 10.0 Å². The van der Waals surface area contributed by atoms with Crippen molar-refractivity contribution in [1.82, 2.24) is 4.98 Å². The zero-order chi connectivity index (χ0) is 14.3. The van der Waals surface area contributed by atoms with Crippen LogP contribution in [-0.4, -0.2) is 4.98 Å². The number of hydrogen-bond donors (Lipinski definition) is 1. The molecular formula is C15H12Cl2N2S. The number of thiazole rings is 1. The van der Waals surface area contributed by atoms with Crippen molar-refractivity contribution in [3.63, 3.8) is 0 Å². The van der Waals surface area contributed by atoms with Gasteiger partial charge in [0, 0.05) is 5.02 Å². The molecule has 0 aliphatic heterocycles. The second kappa shape index (κ2) is 5.24. The largest absolute Gasteiger partial charge is 0.330 e. The molecule has 102 valence electrons. The Morgan fingerprint density at radius 2 is 1.85 bits per heavy atom. The van der Waals surface area contributed by atoms with Crippen molar-refractivity contribution in [2.24, 2.45) is 0 Å². The van der Waals surface area contributed by atoms with Crippen LogP contribution in [0.5, 0.6) is 0 Å². The van der Waals surface area contributed by atoms with E-state index in [0.717, 1.165) is 26.6 Å². The van der Waals surface area contributed by atoms with Crippen LogP contribution in [0.25, 0.3) is 10.2 Å². The van der Waals surface area contributed by atoms with E-state index in [9.17, 15) is 0 Å². The minimum Gasteiger partial charge on any atom is -0.330 e. The Balaban J connectivity index is 1.99. The van der Waals surface area contributed by atoms with Crippen molar-refractivity contribution < 1.29 is 0 Å². The molecule has 0 fully saturated rings. The molecule has 0 atom stereocenters. The topological polar surface area (TPSA) is 24.9 Å². The van der Waals surface area contributed by atoms with Gasteiger partial charge in [-0.25, -0.2) is 4.98 Å². The number of hydrogen-bond acceptors (Lipinski definition) is 3. The maximum atomic E-state index is 6.23. The molecule has 20 heavy (non-hydrogen) atoms. The molecule has 3 aromatic rings. The summed E-state index contributed by atoms with van der Waals surface area (Å²) in [5.41, 5.74) is 3.93. The zero-order valence-electron chi connectivity index (χ0n) is 11.0. The van der Waals surface area contributed by atoms with E-state index >= 15 is 0 Å². The van der Waals surface area contributed by atoms with Crippen molar-refractivity contribution >= 4 is 55.6 Å². The lowest BCUT2D eigenvalue weighted by atomic mass is 10.2. The Labute approximate surface area is 131 Å². The second-order valence-corrected chi connectivity index (χ2v) is 6.54. The van der Waals surface area contributed by atoms with Crippen molar-refractivity contribution in [3.05, 3.63) is 51.5 Å². The average Bonchev–Trinajstić information content (AvgIpc) is 2.77. The van der Waals surface area contributed by atoms with E-state index < -0.39 is 0 Å². The number of rotatable bonds is 2. The number of nitrogens with one attached hydrogen (secondary N) is 1. The van der Waals surface area contributed by atoms with Gasteiger partial charge in [0.2, 0.25) is 0 Å². The third kappa shape index (κ3) is 2.62. The van der Waals surface area contributed by atoms with Crippen LogP contribution in [-0.2, 0) is 0 Å². The predicted octanol–water partition coefficient (Wildman–Crippen LogP) is 5.96. The van der Waals surface area contributed by atoms with Crippen LogP contribution in [0.15, 0.2) is 30.3 Å². The fraction of sp³-hybridized carbons (Fsp3) is 0.133. The number of aromatic nitrogens is 1. The van der Waals surface area contributed by atoms with E-state index in [1.54, 1.807) is 11.3 Å². The van der Waals surface area contributed by atoms with Gasteiger partial charge in [-0.3, -0.25) is 0 Å². The zero-order valence-corrected chi connectivity index (χ0v) is 13.3. The number of aryl methyl sites for hydroxylation is 2. The van der Waals surface area contributed by atoms with Crippen LogP contribution < -0.4 is 5.32 Å². The summed E-state index contributed by atoms with van der Waals surface area (Å²) in [6.07, 6.45) is 0. The molecule has 0 saturated carbocycles. The van der Waals surface area contributed by atoms with E-state index in [1.165, 1.54) is 5.56 Å². The summed E-state index contributed by atoms with van der Waals surface area (Å²) in [7, 11) is 0. The molecule has 0 radical (unpaired) electrons. The maximum Gasteiger partial charge on any atom is 0.188 e. The van der Waals surface area contributed by atoms with Gasteiger partial charge in [0.15, 0.2) is 5.13 Å². The average molecular weight is 323 g/mol. The van der Waals surface area contributed by atoms with Gasteiger partial charge >= 0.3 is 0 Å². The molecule has 3 rings (SSSR count). The third-order valence-corrected chi connectivity index (χ3v) is 4.70. The first-order valence-corrected chi connectivity index (χ1v) is 7.70. The molecule has 0 unspecified atom stereocenters. The highest BCUT2D eigenvalue weighted by Gasteiger charge is 2.08. The van der Waals surface area contributed by atoms with Crippen LogP contribution in [0.3, 0.4) is 0 Å². The quantitative estimate of drug-likeness (QED) is 0.629. The van der Waals surface area contributed by atoms with Gasteiger partial charge in [-0.05, 0) is 49.2 Å². The first-order chi connectivity index (χ1) is 9.52. The lowest BCUT2D eigenvalue weighted by Gasteiger charge is -2.07. The van der Waals surface area contributed by atoms with E-state index in [0.29, 0.717) is 10.0 Å². The summed E-state index contributed by atoms with van der Waals surface area (Å²) in [6, 6.07) is 9.91. The van der Waals surface area contributed by atoms with Gasteiger partial charge < -0.3 is 5.32 Å². The first kappa shape index (κ1) is 13.7. The molecule has 0 bridgehead atoms. The van der Waals surface area contributed by atoms with Crippen molar-refractivity contribution in [2.75, 3.05) is 5.32 Å². The number of nitrogens with zero attached hydrogens (tertiary/aromatic N) is 1. The molecule has 0 amide bonds. The summed E-state index contributed by atoms with van der Waals surface area (Å²) in [6.45, 7) is 3.99. The summed E-state index contributed by atoms with van der Waals surface area (Å²) in [5, 5.41) is 5.38. The highest BCUT2D eigenvalue weighted by molar-refractivity contribution is 7.22. The Morgan fingerprint density at radius 1 is 1.05 bits per heavy atom. The van der Waals surface area contributed by atoms with Gasteiger partial charge in [-0.15, -0.1) is 0 Å². The lowest BCUT2D eigenvalue weighted by molar-refractivity contribution is 1.41. The number of fused-ring (bicyclic) bond motifs is 1. The second-order valence-electron chi connectivity index (χ2n) is 4.70. The Morgan fingerprint density at radius 3 is 2.65 bits per heavy atom. The number of anilines is 2. The molecule has 2 aromatic carbocycles. The highest BCUT2D eigenvalue weighted by Crippen LogP contribution is 2.34. The van der Waals surface area contributed by atoms with E-state index in [-0.39, 0.29) is 0 Å². The third-order valence-electron chi connectivity index (χ3n) is 3.03. The molecule has 5 heteroatoms. The SMILES string of the molecule is Cc1ccc2sc(Nc3cc(Cl)c(C)cc3Cl)nc2c1. The summed E-state index contributed by atoms with van der Waals surface area (Å²) < 4.78 is 1.15. The van der Waals surface area contributed by atoms with Crippen LogP contribution >= 0.6 is 34.5 Å². The molecule has 2 nitrogen and oxygen atoms in total. The summed E-state index contributed by atoms with van der Waals surface area (Å²) >= 11 is 14.0. The molecule has 1 N–H and O–H groups in total. The Bertz CT molecular complexity index is 796. The van der Waals surface area contributed by atoms with Gasteiger partial charge in [-0.2, -0.15) is 0 Å². The standard InChI is InChI=1S/C15H12Cl2N2S/c1-8-3-4-14-13(5-8)19-15(20-14)18-12-7-10(16)9(2)6-11(12)17/h3-7H,1-2H3,(H,18,19). The molecule has 1 aromatic heterocycles. The molecule has 0 spiro atoms. The van der Waals surface area contributed by atoms with E-state index in [2.05, 4.69) is 35.4 Å². The minimum atomic E-state index is 0.641. The number of halogens is 2. The van der Waals surface area contributed by atoms with E-state index in [1.807, 2.05) is 19.1 Å². The summed E-state index contributed by atoms with van der Waals surface area (Å²) in [4.78, 5) is 4.57. The monoisotopic (exact) mass is 322 g/mol. The van der Waals surface area contributed by atoms with Crippen molar-refractivity contribution in [3.8, 4) is 0 Å². The predicted molar refractivity (Wildman–Crippen MR) is 88.8 cm³/mol. The molecule has 1 heterocycles. The van der Waals surface area contributed by atoms with Gasteiger partial charge in [0.25, 0.3) is 0 Å². The molecule has 0 saturated heterocycles. The Hall–Kier alpha value is -1.29. The normalized spacial score (nSPS) is 11.0. The summed E-state index contributed by atoms with van der Waals surface area (Å²) in [5.74, 6) is 0. The van der Waals surface area contributed by atoms with Crippen molar-refractivity contribution in [2.45, 2.75) is 13.8 Å². The Kier molecular flexibility index (Phi) is 3.59. The van der Waals surface area contributed by atoms with E-state index in [4.69, 9.17) is 23.2 Å². The number of benzene rings is 2. The maximum absolute atomic E-state index is 6.23. The van der Waals surface area contributed by atoms with Gasteiger partial charge in [0.1, 0.15) is 0 Å². The minimum absolute atomic E-state index is 0.641. The lowest BCUT2D eigenvalue weighted by Crippen LogP contribution is -1.91. The van der Waals surface area contributed by atoms with Gasteiger partial charge in [0.05, 0.1) is 20.9 Å². The fourth-order valence-electron chi connectivity index (χ4n) is 1.95. The molecule has 0 aliphatic carbocycles. The first-order valence-electron chi connectivity index (χ1n) is 6.13. The fourth-order valence-corrected chi connectivity index (χ4v) is 3.24. The molecular weight excluding hydrogens is 311 g/mol. The van der Waals surface area contributed by atoms with Crippen LogP contribution in [0.1, 0.15) is 11.1 Å². The van der Waals surface area contributed by atoms with Crippen LogP contribution in [0, 0.1) is 13.8 Å². The van der Waals surface area contributed by atoms with Crippen LogP contribution in [0.4, 0.5) is 10.8 Å². The molecule has 0 aliphatic rings. The highest BCUT2D eigenvalue weighted by atomic mass is 35.5. The van der Waals surface area contributed by atoms with Gasteiger partial charge in [-0.1, -0.05) is 40.6 Å².